The van der Waals surface area contributed by atoms with Crippen LogP contribution in [0.15, 0.2) is 0 Å². The lowest BCUT2D eigenvalue weighted by molar-refractivity contribution is 0.467. The Labute approximate surface area is 66.9 Å². The Morgan fingerprint density at radius 2 is 2.00 bits per heavy atom. The summed E-state index contributed by atoms with van der Waals surface area (Å²) in [5, 5.41) is 2.77. The molecule has 0 fully saturated rings. The van der Waals surface area contributed by atoms with Gasteiger partial charge in [-0.05, 0) is 13.0 Å². The number of alkyl halides is 1. The van der Waals surface area contributed by atoms with E-state index in [1.807, 2.05) is 0 Å². The topological polar surface area (TPSA) is 46.2 Å². The standard InChI is InChI=1S/C6H14FNO2S/c1-11(9,10)6-2-4-8-5-3-7/h8H,2-6H2,1H3. The Morgan fingerprint density at radius 1 is 1.36 bits per heavy atom. The van der Waals surface area contributed by atoms with E-state index in [1.54, 1.807) is 0 Å². The summed E-state index contributed by atoms with van der Waals surface area (Å²) in [5.74, 6) is 0.173. The van der Waals surface area contributed by atoms with Gasteiger partial charge in [-0.2, -0.15) is 0 Å². The van der Waals surface area contributed by atoms with Crippen molar-refractivity contribution in [3.63, 3.8) is 0 Å². The summed E-state index contributed by atoms with van der Waals surface area (Å²) in [6.07, 6.45) is 1.75. The van der Waals surface area contributed by atoms with Crippen LogP contribution in [0.25, 0.3) is 0 Å². The molecule has 0 aliphatic rings. The fourth-order valence-electron chi connectivity index (χ4n) is 0.651. The molecule has 0 rings (SSSR count). The maximum Gasteiger partial charge on any atom is 0.147 e. The molecule has 3 nitrogen and oxygen atoms in total. The van der Waals surface area contributed by atoms with E-state index in [0.29, 0.717) is 19.5 Å². The molecule has 0 saturated heterocycles. The highest BCUT2D eigenvalue weighted by molar-refractivity contribution is 7.90. The first-order valence-corrected chi connectivity index (χ1v) is 5.57. The minimum absolute atomic E-state index is 0.173. The van der Waals surface area contributed by atoms with Crippen molar-refractivity contribution in [2.75, 3.05) is 31.8 Å². The van der Waals surface area contributed by atoms with Crippen LogP contribution in [-0.2, 0) is 9.84 Å². The van der Waals surface area contributed by atoms with Crippen molar-refractivity contribution < 1.29 is 12.8 Å². The van der Waals surface area contributed by atoms with E-state index in [4.69, 9.17) is 0 Å². The molecule has 0 atom stereocenters. The van der Waals surface area contributed by atoms with E-state index in [1.165, 1.54) is 6.26 Å². The Kier molecular flexibility index (Phi) is 5.41. The van der Waals surface area contributed by atoms with Crippen molar-refractivity contribution in [2.24, 2.45) is 0 Å². The molecule has 0 bridgehead atoms. The van der Waals surface area contributed by atoms with Gasteiger partial charge in [-0.25, -0.2) is 12.8 Å². The van der Waals surface area contributed by atoms with Crippen LogP contribution in [0.5, 0.6) is 0 Å². The molecule has 0 unspecified atom stereocenters. The predicted octanol–water partition coefficient (Wildman–Crippen LogP) is -0.0198. The second-order valence-corrected chi connectivity index (χ2v) is 4.68. The van der Waals surface area contributed by atoms with Crippen LogP contribution in [0.4, 0.5) is 4.39 Å². The van der Waals surface area contributed by atoms with Gasteiger partial charge in [0, 0.05) is 12.8 Å². The third-order valence-corrected chi connectivity index (χ3v) is 2.17. The lowest BCUT2D eigenvalue weighted by atomic mass is 10.5. The van der Waals surface area contributed by atoms with Crippen LogP contribution in [0, 0.1) is 0 Å². The first-order chi connectivity index (χ1) is 5.06. The van der Waals surface area contributed by atoms with E-state index in [2.05, 4.69) is 5.32 Å². The molecular formula is C6H14FNO2S. The molecule has 0 aliphatic heterocycles. The summed E-state index contributed by atoms with van der Waals surface area (Å²) in [7, 11) is -2.85. The van der Waals surface area contributed by atoms with Crippen molar-refractivity contribution in [1.29, 1.82) is 0 Å². The zero-order valence-electron chi connectivity index (χ0n) is 6.64. The molecule has 0 aromatic heterocycles. The van der Waals surface area contributed by atoms with Crippen LogP contribution in [-0.4, -0.2) is 40.2 Å². The number of nitrogens with one attached hydrogen (secondary N) is 1. The summed E-state index contributed by atoms with van der Waals surface area (Å²) in [4.78, 5) is 0. The molecular weight excluding hydrogens is 169 g/mol. The Morgan fingerprint density at radius 3 is 2.45 bits per heavy atom. The first-order valence-electron chi connectivity index (χ1n) is 3.50. The van der Waals surface area contributed by atoms with E-state index < -0.39 is 16.5 Å². The van der Waals surface area contributed by atoms with Gasteiger partial charge in [-0.1, -0.05) is 0 Å². The molecule has 0 aliphatic carbocycles. The molecule has 0 aromatic rings. The highest BCUT2D eigenvalue weighted by atomic mass is 32.2. The smallest absolute Gasteiger partial charge is 0.147 e. The van der Waals surface area contributed by atoms with Crippen molar-refractivity contribution in [3.8, 4) is 0 Å². The minimum Gasteiger partial charge on any atom is -0.314 e. The average molecular weight is 183 g/mol. The molecule has 0 amide bonds. The Balaban J connectivity index is 3.16. The van der Waals surface area contributed by atoms with Crippen molar-refractivity contribution in [2.45, 2.75) is 6.42 Å². The van der Waals surface area contributed by atoms with Gasteiger partial charge < -0.3 is 5.32 Å². The summed E-state index contributed by atoms with van der Waals surface area (Å²) in [6.45, 7) is 0.472. The predicted molar refractivity (Wildman–Crippen MR) is 43.2 cm³/mol. The number of rotatable bonds is 6. The summed E-state index contributed by atoms with van der Waals surface area (Å²) in [5.41, 5.74) is 0. The first kappa shape index (κ1) is 10.8. The Hall–Kier alpha value is -0.160. The second-order valence-electron chi connectivity index (χ2n) is 2.42. The molecule has 11 heavy (non-hydrogen) atoms. The maximum atomic E-state index is 11.5. The average Bonchev–Trinajstić information content (AvgIpc) is 1.85. The van der Waals surface area contributed by atoms with Crippen LogP contribution >= 0.6 is 0 Å². The van der Waals surface area contributed by atoms with Gasteiger partial charge in [0.15, 0.2) is 0 Å². The number of halogens is 1. The van der Waals surface area contributed by atoms with Crippen LogP contribution in [0.2, 0.25) is 0 Å². The van der Waals surface area contributed by atoms with Gasteiger partial charge in [-0.15, -0.1) is 0 Å². The third kappa shape index (κ3) is 9.84. The van der Waals surface area contributed by atoms with E-state index in [9.17, 15) is 12.8 Å². The maximum absolute atomic E-state index is 11.5. The molecule has 0 radical (unpaired) electrons. The highest BCUT2D eigenvalue weighted by Crippen LogP contribution is 1.86. The van der Waals surface area contributed by atoms with Crippen LogP contribution < -0.4 is 5.32 Å². The lowest BCUT2D eigenvalue weighted by Gasteiger charge is -1.99. The molecule has 0 spiro atoms. The quantitative estimate of drug-likeness (QED) is 0.589. The van der Waals surface area contributed by atoms with Gasteiger partial charge in [0.25, 0.3) is 0 Å². The minimum atomic E-state index is -2.85. The molecule has 0 heterocycles. The normalized spacial score (nSPS) is 11.8. The van der Waals surface area contributed by atoms with Gasteiger partial charge in [-0.3, -0.25) is 0 Å². The third-order valence-electron chi connectivity index (χ3n) is 1.14. The van der Waals surface area contributed by atoms with Crippen LogP contribution in [0.1, 0.15) is 6.42 Å². The summed E-state index contributed by atoms with van der Waals surface area (Å²) < 4.78 is 32.6. The number of sulfone groups is 1. The van der Waals surface area contributed by atoms with Gasteiger partial charge in [0.1, 0.15) is 16.5 Å². The summed E-state index contributed by atoms with van der Waals surface area (Å²) in [6, 6.07) is 0. The second kappa shape index (κ2) is 5.49. The molecule has 0 saturated carbocycles. The molecule has 0 aromatic carbocycles. The largest absolute Gasteiger partial charge is 0.314 e. The molecule has 1 N–H and O–H groups in total. The Bertz CT molecular complexity index is 179. The van der Waals surface area contributed by atoms with Crippen LogP contribution in [0.3, 0.4) is 0 Å². The van der Waals surface area contributed by atoms with Gasteiger partial charge >= 0.3 is 0 Å². The number of hydrogen-bond donors (Lipinski definition) is 1. The summed E-state index contributed by atoms with van der Waals surface area (Å²) >= 11 is 0. The van der Waals surface area contributed by atoms with E-state index in [0.717, 1.165) is 0 Å². The zero-order valence-corrected chi connectivity index (χ0v) is 7.45. The monoisotopic (exact) mass is 183 g/mol. The van der Waals surface area contributed by atoms with Gasteiger partial charge in [0.05, 0.1) is 5.75 Å². The highest BCUT2D eigenvalue weighted by Gasteiger charge is 1.99. The van der Waals surface area contributed by atoms with Crippen molar-refractivity contribution in [3.05, 3.63) is 0 Å². The fourth-order valence-corrected chi connectivity index (χ4v) is 1.32. The molecule has 68 valence electrons. The van der Waals surface area contributed by atoms with Crippen molar-refractivity contribution in [1.82, 2.24) is 5.32 Å². The van der Waals surface area contributed by atoms with E-state index >= 15 is 0 Å². The van der Waals surface area contributed by atoms with Gasteiger partial charge in [0.2, 0.25) is 0 Å². The molecule has 5 heteroatoms. The SMILES string of the molecule is CS(=O)(=O)CCCNCCF. The lowest BCUT2D eigenvalue weighted by Crippen LogP contribution is -2.20. The fraction of sp³-hybridized carbons (Fsp3) is 1.00. The zero-order chi connectivity index (χ0) is 8.74. The van der Waals surface area contributed by atoms with Crippen molar-refractivity contribution >= 4 is 9.84 Å². The number of hydrogen-bond acceptors (Lipinski definition) is 3. The van der Waals surface area contributed by atoms with E-state index in [-0.39, 0.29) is 5.75 Å².